The van der Waals surface area contributed by atoms with E-state index in [1.807, 2.05) is 0 Å². The van der Waals surface area contributed by atoms with Gasteiger partial charge < -0.3 is 14.8 Å². The lowest BCUT2D eigenvalue weighted by Gasteiger charge is -2.11. The van der Waals surface area contributed by atoms with E-state index in [0.29, 0.717) is 12.8 Å². The van der Waals surface area contributed by atoms with Gasteiger partial charge in [-0.15, -0.1) is 13.2 Å². The van der Waals surface area contributed by atoms with Crippen molar-refractivity contribution in [3.8, 4) is 5.75 Å². The number of halogens is 3. The lowest BCUT2D eigenvalue weighted by atomic mass is 10.2. The van der Waals surface area contributed by atoms with Crippen molar-refractivity contribution in [3.05, 3.63) is 29.8 Å². The van der Waals surface area contributed by atoms with Crippen molar-refractivity contribution in [1.82, 2.24) is 5.32 Å². The zero-order valence-corrected chi connectivity index (χ0v) is 10.8. The number of alkyl halides is 3. The molecule has 0 spiro atoms. The van der Waals surface area contributed by atoms with Crippen LogP contribution in [0.4, 0.5) is 13.2 Å². The molecule has 1 aromatic carbocycles. The van der Waals surface area contributed by atoms with Crippen LogP contribution in [0.2, 0.25) is 0 Å². The van der Waals surface area contributed by atoms with Crippen molar-refractivity contribution in [2.24, 2.45) is 0 Å². The lowest BCUT2D eigenvalue weighted by Crippen LogP contribution is -2.30. The average Bonchev–Trinajstić information content (AvgIpc) is 2.81. The van der Waals surface area contributed by atoms with Gasteiger partial charge in [0.1, 0.15) is 12.4 Å². The largest absolute Gasteiger partial charge is 0.573 e. The summed E-state index contributed by atoms with van der Waals surface area (Å²) in [6, 6.07) is 4.20. The van der Waals surface area contributed by atoms with E-state index in [9.17, 15) is 22.8 Å². The Balaban J connectivity index is 1.86. The zero-order chi connectivity index (χ0) is 15.5. The number of esters is 1. The molecule has 0 radical (unpaired) electrons. The van der Waals surface area contributed by atoms with E-state index >= 15 is 0 Å². The van der Waals surface area contributed by atoms with Gasteiger partial charge in [0.15, 0.2) is 0 Å². The topological polar surface area (TPSA) is 64.6 Å². The molecule has 8 heteroatoms. The van der Waals surface area contributed by atoms with Crippen LogP contribution in [0, 0.1) is 0 Å². The molecule has 5 nitrogen and oxygen atoms in total. The van der Waals surface area contributed by atoms with Crippen molar-refractivity contribution < 1.29 is 32.2 Å². The van der Waals surface area contributed by atoms with Gasteiger partial charge in [0.2, 0.25) is 5.91 Å². The van der Waals surface area contributed by atoms with E-state index < -0.39 is 18.1 Å². The zero-order valence-electron chi connectivity index (χ0n) is 10.8. The molecular formula is C13H12F3NO4. The number of ether oxygens (including phenoxy) is 2. The van der Waals surface area contributed by atoms with Gasteiger partial charge in [-0.05, 0) is 30.7 Å². The summed E-state index contributed by atoms with van der Waals surface area (Å²) in [7, 11) is 0. The van der Waals surface area contributed by atoms with Gasteiger partial charge in [-0.3, -0.25) is 4.79 Å². The standard InChI is InChI=1S/C13H12F3NO4/c14-13(15,16)21-10-4-1-8(2-5-10)12(19)20-7-9-3-6-11(18)17-9/h1-2,4-5,9H,3,6-7H2,(H,17,18)/t9-/m1/s1. The summed E-state index contributed by atoms with van der Waals surface area (Å²) in [5, 5.41) is 2.63. The Morgan fingerprint density at radius 1 is 1.29 bits per heavy atom. The molecule has 0 saturated carbocycles. The summed E-state index contributed by atoms with van der Waals surface area (Å²) < 4.78 is 44.6. The minimum Gasteiger partial charge on any atom is -0.460 e. The first-order valence-electron chi connectivity index (χ1n) is 6.16. The first kappa shape index (κ1) is 15.1. The van der Waals surface area contributed by atoms with Crippen molar-refractivity contribution in [2.45, 2.75) is 25.2 Å². The third-order valence-corrected chi connectivity index (χ3v) is 2.82. The van der Waals surface area contributed by atoms with Gasteiger partial charge in [0, 0.05) is 6.42 Å². The smallest absolute Gasteiger partial charge is 0.460 e. The molecule has 1 heterocycles. The van der Waals surface area contributed by atoms with Crippen LogP contribution in [-0.4, -0.2) is 30.9 Å². The molecule has 0 aliphatic carbocycles. The van der Waals surface area contributed by atoms with Crippen LogP contribution in [0.15, 0.2) is 24.3 Å². The van der Waals surface area contributed by atoms with Crippen molar-refractivity contribution in [1.29, 1.82) is 0 Å². The van der Waals surface area contributed by atoms with Gasteiger partial charge in [0.25, 0.3) is 0 Å². The van der Waals surface area contributed by atoms with E-state index in [2.05, 4.69) is 10.1 Å². The van der Waals surface area contributed by atoms with Crippen LogP contribution in [0.5, 0.6) is 5.75 Å². The second kappa shape index (κ2) is 6.02. The highest BCUT2D eigenvalue weighted by molar-refractivity contribution is 5.89. The maximum Gasteiger partial charge on any atom is 0.573 e. The molecule has 1 amide bonds. The molecule has 1 atom stereocenters. The summed E-state index contributed by atoms with van der Waals surface area (Å²) in [5.41, 5.74) is 0.105. The Labute approximate surface area is 118 Å². The maximum absolute atomic E-state index is 12.0. The van der Waals surface area contributed by atoms with Crippen molar-refractivity contribution in [3.63, 3.8) is 0 Å². The second-order valence-electron chi connectivity index (χ2n) is 4.47. The fraction of sp³-hybridized carbons (Fsp3) is 0.385. The Morgan fingerprint density at radius 3 is 2.48 bits per heavy atom. The number of benzene rings is 1. The van der Waals surface area contributed by atoms with Crippen LogP contribution in [-0.2, 0) is 9.53 Å². The van der Waals surface area contributed by atoms with Crippen molar-refractivity contribution in [2.75, 3.05) is 6.61 Å². The normalized spacial score (nSPS) is 18.2. The maximum atomic E-state index is 12.0. The number of rotatable bonds is 4. The first-order valence-corrected chi connectivity index (χ1v) is 6.16. The van der Waals surface area contributed by atoms with Crippen LogP contribution in [0.25, 0.3) is 0 Å². The highest BCUT2D eigenvalue weighted by atomic mass is 19.4. The first-order chi connectivity index (χ1) is 9.83. The molecule has 1 aromatic rings. The fourth-order valence-corrected chi connectivity index (χ4v) is 1.85. The van der Waals surface area contributed by atoms with E-state index in [1.165, 1.54) is 12.1 Å². The molecule has 2 rings (SSSR count). The molecule has 0 bridgehead atoms. The van der Waals surface area contributed by atoms with Crippen LogP contribution in [0.3, 0.4) is 0 Å². The third kappa shape index (κ3) is 4.66. The average molecular weight is 303 g/mol. The van der Waals surface area contributed by atoms with Gasteiger partial charge in [-0.1, -0.05) is 0 Å². The molecule has 1 N–H and O–H groups in total. The SMILES string of the molecule is O=C1CC[C@H](COC(=O)c2ccc(OC(F)(F)F)cc2)N1. The summed E-state index contributed by atoms with van der Waals surface area (Å²) in [4.78, 5) is 22.6. The predicted molar refractivity (Wildman–Crippen MR) is 64.6 cm³/mol. The number of amides is 1. The number of nitrogens with one attached hydrogen (secondary N) is 1. The second-order valence-corrected chi connectivity index (χ2v) is 4.47. The lowest BCUT2D eigenvalue weighted by molar-refractivity contribution is -0.274. The van der Waals surface area contributed by atoms with Crippen LogP contribution < -0.4 is 10.1 Å². The van der Waals surface area contributed by atoms with Gasteiger partial charge >= 0.3 is 12.3 Å². The molecule has 1 aliphatic heterocycles. The molecular weight excluding hydrogens is 291 g/mol. The summed E-state index contributed by atoms with van der Waals surface area (Å²) >= 11 is 0. The molecule has 0 unspecified atom stereocenters. The molecule has 1 saturated heterocycles. The number of carbonyl (C=O) groups excluding carboxylic acids is 2. The van der Waals surface area contributed by atoms with Crippen LogP contribution in [0.1, 0.15) is 23.2 Å². The van der Waals surface area contributed by atoms with E-state index in [-0.39, 0.29) is 24.1 Å². The molecule has 21 heavy (non-hydrogen) atoms. The predicted octanol–water partition coefficient (Wildman–Crippen LogP) is 2.02. The molecule has 1 aliphatic rings. The summed E-state index contributed by atoms with van der Waals surface area (Å²) in [6.07, 6.45) is -3.79. The Bertz CT molecular complexity index is 527. The van der Waals surface area contributed by atoms with E-state index in [4.69, 9.17) is 4.74 Å². The van der Waals surface area contributed by atoms with Gasteiger partial charge in [0.05, 0.1) is 11.6 Å². The van der Waals surface area contributed by atoms with Crippen LogP contribution >= 0.6 is 0 Å². The monoisotopic (exact) mass is 303 g/mol. The minimum absolute atomic E-state index is 0.0331. The minimum atomic E-state index is -4.78. The molecule has 1 fully saturated rings. The molecule has 0 aromatic heterocycles. The third-order valence-electron chi connectivity index (χ3n) is 2.82. The van der Waals surface area contributed by atoms with Gasteiger partial charge in [-0.25, -0.2) is 4.79 Å². The number of hydrogen-bond acceptors (Lipinski definition) is 4. The summed E-state index contributed by atoms with van der Waals surface area (Å²) in [5.74, 6) is -1.18. The molecule has 114 valence electrons. The highest BCUT2D eigenvalue weighted by Crippen LogP contribution is 2.23. The number of carbonyl (C=O) groups is 2. The van der Waals surface area contributed by atoms with E-state index in [0.717, 1.165) is 12.1 Å². The summed E-state index contributed by atoms with van der Waals surface area (Å²) in [6.45, 7) is 0.0331. The van der Waals surface area contributed by atoms with Gasteiger partial charge in [-0.2, -0.15) is 0 Å². The number of hydrogen-bond donors (Lipinski definition) is 1. The Morgan fingerprint density at radius 2 is 1.95 bits per heavy atom. The fourth-order valence-electron chi connectivity index (χ4n) is 1.85. The Kier molecular flexibility index (Phi) is 4.35. The van der Waals surface area contributed by atoms with Crippen molar-refractivity contribution >= 4 is 11.9 Å². The Hall–Kier alpha value is -2.25. The highest BCUT2D eigenvalue weighted by Gasteiger charge is 2.31. The quantitative estimate of drug-likeness (QED) is 0.864. The van der Waals surface area contributed by atoms with E-state index in [1.54, 1.807) is 0 Å².